The minimum absolute atomic E-state index is 0.936. The van der Waals surface area contributed by atoms with Gasteiger partial charge < -0.3 is 4.90 Å². The molecule has 3 heteroatoms. The van der Waals surface area contributed by atoms with Crippen LogP contribution in [0.3, 0.4) is 0 Å². The highest BCUT2D eigenvalue weighted by atomic mass is 15.3. The summed E-state index contributed by atoms with van der Waals surface area (Å²) in [6.45, 7) is 8.59. The van der Waals surface area contributed by atoms with Crippen LogP contribution in [0.1, 0.15) is 25.0 Å². The fourth-order valence-electron chi connectivity index (χ4n) is 3.83. The number of hydrogen-bond acceptors (Lipinski definition) is 2. The van der Waals surface area contributed by atoms with Crippen molar-refractivity contribution in [2.75, 3.05) is 19.6 Å². The summed E-state index contributed by atoms with van der Waals surface area (Å²) in [7, 11) is 0. The minimum atomic E-state index is 0.936. The van der Waals surface area contributed by atoms with Gasteiger partial charge >= 0.3 is 0 Å². The largest absolute Gasteiger partial charge is 0.302 e. The predicted molar refractivity (Wildman–Crippen MR) is 104 cm³/mol. The zero-order valence-corrected chi connectivity index (χ0v) is 15.1. The molecule has 0 aliphatic heterocycles. The van der Waals surface area contributed by atoms with Crippen molar-refractivity contribution in [3.05, 3.63) is 65.7 Å². The van der Waals surface area contributed by atoms with Crippen LogP contribution in [0, 0.1) is 0 Å². The molecule has 0 atom stereocenters. The Labute approximate surface area is 149 Å². The zero-order chi connectivity index (χ0) is 17.2. The molecule has 25 heavy (non-hydrogen) atoms. The third-order valence-corrected chi connectivity index (χ3v) is 5.26. The Morgan fingerprint density at radius 1 is 0.960 bits per heavy atom. The first-order valence-corrected chi connectivity index (χ1v) is 9.27. The van der Waals surface area contributed by atoms with E-state index in [1.807, 2.05) is 0 Å². The molecule has 1 heterocycles. The molecule has 0 unspecified atom stereocenters. The molecule has 4 rings (SSSR count). The number of benzene rings is 2. The average molecular weight is 331 g/mol. The first-order chi connectivity index (χ1) is 12.3. The number of likely N-dealkylation sites (N-methyl/N-ethyl adjacent to an activating group) is 1. The number of hydrogen-bond donors (Lipinski definition) is 0. The molecular formula is C22H25N3. The third kappa shape index (κ3) is 2.89. The Morgan fingerprint density at radius 2 is 1.68 bits per heavy atom. The highest BCUT2D eigenvalue weighted by Crippen LogP contribution is 2.41. The minimum Gasteiger partial charge on any atom is -0.302 e. The van der Waals surface area contributed by atoms with Crippen LogP contribution in [0.5, 0.6) is 0 Å². The van der Waals surface area contributed by atoms with Crippen LogP contribution in [-0.2, 0) is 13.0 Å². The van der Waals surface area contributed by atoms with Gasteiger partial charge in [0.2, 0.25) is 0 Å². The van der Waals surface area contributed by atoms with E-state index in [1.54, 1.807) is 0 Å². The fourth-order valence-corrected chi connectivity index (χ4v) is 3.83. The summed E-state index contributed by atoms with van der Waals surface area (Å²) in [5.74, 6) is 0. The molecule has 3 nitrogen and oxygen atoms in total. The highest BCUT2D eigenvalue weighted by molar-refractivity contribution is 5.81. The van der Waals surface area contributed by atoms with Crippen LogP contribution in [0.2, 0.25) is 0 Å². The molecule has 3 aromatic rings. The lowest BCUT2D eigenvalue weighted by atomic mass is 10.1. The van der Waals surface area contributed by atoms with Gasteiger partial charge in [0.05, 0.1) is 17.9 Å². The van der Waals surface area contributed by atoms with Crippen LogP contribution >= 0.6 is 0 Å². The Kier molecular flexibility index (Phi) is 4.41. The maximum Gasteiger partial charge on any atom is 0.0965 e. The standard InChI is InChI=1S/C22H25N3/c1-3-24(4-2)14-15-25-22-19-13-9-8-12-18(19)16-20(22)21(23-25)17-10-6-5-7-11-17/h5-13H,3-4,14-16H2,1-2H3. The van der Waals surface area contributed by atoms with Crippen molar-refractivity contribution in [2.45, 2.75) is 26.8 Å². The van der Waals surface area contributed by atoms with Crippen molar-refractivity contribution >= 4 is 0 Å². The van der Waals surface area contributed by atoms with Gasteiger partial charge in [-0.1, -0.05) is 68.4 Å². The summed E-state index contributed by atoms with van der Waals surface area (Å²) in [5.41, 5.74) is 7.84. The van der Waals surface area contributed by atoms with E-state index in [1.165, 1.54) is 27.9 Å². The molecule has 128 valence electrons. The quantitative estimate of drug-likeness (QED) is 0.520. The van der Waals surface area contributed by atoms with Gasteiger partial charge in [0.15, 0.2) is 0 Å². The van der Waals surface area contributed by atoms with Crippen molar-refractivity contribution in [3.63, 3.8) is 0 Å². The highest BCUT2D eigenvalue weighted by Gasteiger charge is 2.27. The Bertz CT molecular complexity index is 860. The molecule has 1 aromatic heterocycles. The lowest BCUT2D eigenvalue weighted by Crippen LogP contribution is -2.27. The summed E-state index contributed by atoms with van der Waals surface area (Å²) in [6.07, 6.45) is 0.987. The summed E-state index contributed by atoms with van der Waals surface area (Å²) < 4.78 is 2.24. The van der Waals surface area contributed by atoms with Crippen LogP contribution in [0.15, 0.2) is 54.6 Å². The molecule has 1 aliphatic carbocycles. The van der Waals surface area contributed by atoms with Crippen molar-refractivity contribution in [2.24, 2.45) is 0 Å². The second-order valence-electron chi connectivity index (χ2n) is 6.63. The Hall–Kier alpha value is -2.39. The molecule has 1 aliphatic rings. The van der Waals surface area contributed by atoms with Crippen molar-refractivity contribution in [3.8, 4) is 22.5 Å². The van der Waals surface area contributed by atoms with E-state index in [9.17, 15) is 0 Å². The Morgan fingerprint density at radius 3 is 2.44 bits per heavy atom. The van der Waals surface area contributed by atoms with Crippen LogP contribution in [-0.4, -0.2) is 34.3 Å². The van der Waals surface area contributed by atoms with E-state index in [0.717, 1.165) is 38.3 Å². The van der Waals surface area contributed by atoms with Crippen molar-refractivity contribution < 1.29 is 0 Å². The molecule has 0 radical (unpaired) electrons. The van der Waals surface area contributed by atoms with E-state index in [2.05, 4.69) is 78.0 Å². The fraction of sp³-hybridized carbons (Fsp3) is 0.318. The van der Waals surface area contributed by atoms with Crippen LogP contribution in [0.25, 0.3) is 22.5 Å². The molecule has 0 spiro atoms. The van der Waals surface area contributed by atoms with Gasteiger partial charge in [-0.2, -0.15) is 5.10 Å². The number of nitrogens with zero attached hydrogens (tertiary/aromatic N) is 3. The molecule has 2 aromatic carbocycles. The summed E-state index contributed by atoms with van der Waals surface area (Å²) in [5, 5.41) is 5.03. The Balaban J connectivity index is 1.77. The van der Waals surface area contributed by atoms with Crippen molar-refractivity contribution in [1.29, 1.82) is 0 Å². The molecule has 0 saturated carbocycles. The van der Waals surface area contributed by atoms with E-state index >= 15 is 0 Å². The van der Waals surface area contributed by atoms with Gasteiger partial charge in [0.1, 0.15) is 0 Å². The summed E-state index contributed by atoms with van der Waals surface area (Å²) in [6, 6.07) is 19.4. The van der Waals surface area contributed by atoms with Gasteiger partial charge in [0.25, 0.3) is 0 Å². The van der Waals surface area contributed by atoms with E-state index in [4.69, 9.17) is 5.10 Å². The SMILES string of the molecule is CCN(CC)CCn1nc(-c2ccccc2)c2c1-c1ccccc1C2. The van der Waals surface area contributed by atoms with Crippen LogP contribution in [0.4, 0.5) is 0 Å². The summed E-state index contributed by atoms with van der Waals surface area (Å²) in [4.78, 5) is 2.46. The van der Waals surface area contributed by atoms with Gasteiger partial charge in [-0.3, -0.25) is 4.68 Å². The normalized spacial score (nSPS) is 12.4. The average Bonchev–Trinajstić information content (AvgIpc) is 3.21. The first kappa shape index (κ1) is 16.1. The van der Waals surface area contributed by atoms with Gasteiger partial charge in [-0.05, 0) is 18.7 Å². The topological polar surface area (TPSA) is 21.1 Å². The zero-order valence-electron chi connectivity index (χ0n) is 15.1. The van der Waals surface area contributed by atoms with Gasteiger partial charge in [0, 0.05) is 29.7 Å². The molecular weight excluding hydrogens is 306 g/mol. The molecule has 0 saturated heterocycles. The van der Waals surface area contributed by atoms with Gasteiger partial charge in [-0.15, -0.1) is 0 Å². The number of fused-ring (bicyclic) bond motifs is 3. The summed E-state index contributed by atoms with van der Waals surface area (Å²) >= 11 is 0. The van der Waals surface area contributed by atoms with Crippen molar-refractivity contribution in [1.82, 2.24) is 14.7 Å². The maximum absolute atomic E-state index is 5.03. The second-order valence-corrected chi connectivity index (χ2v) is 6.63. The lowest BCUT2D eigenvalue weighted by molar-refractivity contribution is 0.286. The van der Waals surface area contributed by atoms with E-state index < -0.39 is 0 Å². The first-order valence-electron chi connectivity index (χ1n) is 9.27. The molecule has 0 fully saturated rings. The maximum atomic E-state index is 5.03. The second kappa shape index (κ2) is 6.85. The number of rotatable bonds is 6. The van der Waals surface area contributed by atoms with Gasteiger partial charge in [-0.25, -0.2) is 0 Å². The smallest absolute Gasteiger partial charge is 0.0965 e. The molecule has 0 N–H and O–H groups in total. The lowest BCUT2D eigenvalue weighted by Gasteiger charge is -2.18. The monoisotopic (exact) mass is 331 g/mol. The molecule has 0 amide bonds. The van der Waals surface area contributed by atoms with E-state index in [-0.39, 0.29) is 0 Å². The van der Waals surface area contributed by atoms with Crippen LogP contribution < -0.4 is 0 Å². The number of aromatic nitrogens is 2. The van der Waals surface area contributed by atoms with E-state index in [0.29, 0.717) is 0 Å². The predicted octanol–water partition coefficient (Wildman–Crippen LogP) is 4.46. The third-order valence-electron chi connectivity index (χ3n) is 5.26. The molecule has 0 bridgehead atoms.